The van der Waals surface area contributed by atoms with Crippen LogP contribution in [0.1, 0.15) is 0 Å². The number of nitrogens with one attached hydrogen (secondary N) is 2. The van der Waals surface area contributed by atoms with Crippen molar-refractivity contribution in [2.75, 3.05) is 26.7 Å². The molecule has 0 bridgehead atoms. The van der Waals surface area contributed by atoms with E-state index in [0.29, 0.717) is 19.4 Å². The highest BCUT2D eigenvalue weighted by Crippen LogP contribution is 2.00. The molecule has 2 N–H and O–H groups in total. The normalized spacial score (nSPS) is 21.3. The van der Waals surface area contributed by atoms with Crippen molar-refractivity contribution in [3.05, 3.63) is 12.2 Å². The quantitative estimate of drug-likeness (QED) is 0.347. The summed E-state index contributed by atoms with van der Waals surface area (Å²) in [7, 11) is 1.20. The third-order valence-corrected chi connectivity index (χ3v) is 2.41. The van der Waals surface area contributed by atoms with Crippen LogP contribution in [-0.4, -0.2) is 57.1 Å². The molecule has 18 heavy (non-hydrogen) atoms. The zero-order valence-corrected chi connectivity index (χ0v) is 10.0. The van der Waals surface area contributed by atoms with E-state index < -0.39 is 18.0 Å². The van der Waals surface area contributed by atoms with Crippen molar-refractivity contribution in [3.63, 3.8) is 0 Å². The van der Waals surface area contributed by atoms with Crippen LogP contribution in [0.4, 0.5) is 0 Å². The number of piperazine rings is 1. The molecule has 1 aliphatic heterocycles. The van der Waals surface area contributed by atoms with Crippen LogP contribution in [0.15, 0.2) is 12.2 Å². The van der Waals surface area contributed by atoms with Crippen molar-refractivity contribution in [2.45, 2.75) is 12.1 Å². The predicted molar refractivity (Wildman–Crippen MR) is 61.8 cm³/mol. The molecule has 2 unspecified atom stereocenters. The molecule has 0 aromatic rings. The Labute approximate surface area is 105 Å². The van der Waals surface area contributed by atoms with Gasteiger partial charge in [0.05, 0.1) is 13.2 Å². The number of methoxy groups -OCH3 is 1. The molecule has 2 atom stereocenters. The van der Waals surface area contributed by atoms with Crippen molar-refractivity contribution >= 4 is 18.2 Å². The van der Waals surface area contributed by atoms with Crippen LogP contribution in [0.25, 0.3) is 0 Å². The summed E-state index contributed by atoms with van der Waals surface area (Å²) >= 11 is 0. The van der Waals surface area contributed by atoms with Crippen LogP contribution in [0.5, 0.6) is 0 Å². The molecular weight excluding hydrogens is 240 g/mol. The first-order valence-corrected chi connectivity index (χ1v) is 5.53. The molecular formula is C11H16N2O5. The van der Waals surface area contributed by atoms with Gasteiger partial charge < -0.3 is 20.1 Å². The first kappa shape index (κ1) is 14.3. The van der Waals surface area contributed by atoms with E-state index in [1.54, 1.807) is 0 Å². The molecule has 1 aliphatic rings. The summed E-state index contributed by atoms with van der Waals surface area (Å²) in [6.07, 6.45) is 1.55. The molecule has 100 valence electrons. The van der Waals surface area contributed by atoms with Crippen molar-refractivity contribution in [2.24, 2.45) is 0 Å². The van der Waals surface area contributed by atoms with Crippen LogP contribution in [0.3, 0.4) is 0 Å². The third kappa shape index (κ3) is 4.64. The van der Waals surface area contributed by atoms with Gasteiger partial charge in [-0.2, -0.15) is 0 Å². The molecule has 0 saturated carbocycles. The average Bonchev–Trinajstić information content (AvgIpc) is 2.43. The van der Waals surface area contributed by atoms with Crippen LogP contribution < -0.4 is 10.6 Å². The summed E-state index contributed by atoms with van der Waals surface area (Å²) in [5.74, 6) is -1.42. The number of esters is 2. The van der Waals surface area contributed by atoms with Gasteiger partial charge in [-0.3, -0.25) is 4.79 Å². The highest BCUT2D eigenvalue weighted by molar-refractivity contribution is 5.92. The highest BCUT2D eigenvalue weighted by Gasteiger charge is 2.25. The summed E-state index contributed by atoms with van der Waals surface area (Å²) in [5.41, 5.74) is 0. The number of hydrogen-bond donors (Lipinski definition) is 2. The second-order valence-electron chi connectivity index (χ2n) is 3.66. The van der Waals surface area contributed by atoms with Crippen molar-refractivity contribution < 1.29 is 23.9 Å². The van der Waals surface area contributed by atoms with Gasteiger partial charge in [-0.05, 0) is 0 Å². The van der Waals surface area contributed by atoms with E-state index in [1.807, 2.05) is 0 Å². The van der Waals surface area contributed by atoms with Crippen molar-refractivity contribution in [1.29, 1.82) is 0 Å². The number of aldehydes is 1. The van der Waals surface area contributed by atoms with Crippen LogP contribution in [0, 0.1) is 0 Å². The largest absolute Gasteiger partial charge is 0.466 e. The molecule has 0 amide bonds. The Hall–Kier alpha value is -1.73. The Morgan fingerprint density at radius 1 is 1.28 bits per heavy atom. The van der Waals surface area contributed by atoms with Gasteiger partial charge in [-0.1, -0.05) is 0 Å². The van der Waals surface area contributed by atoms with Crippen LogP contribution >= 0.6 is 0 Å². The second kappa shape index (κ2) is 7.57. The van der Waals surface area contributed by atoms with E-state index in [1.165, 1.54) is 7.11 Å². The Bertz CT molecular complexity index is 336. The summed E-state index contributed by atoms with van der Waals surface area (Å²) < 4.78 is 9.25. The standard InChI is InChI=1S/C11H16N2O5/c1-17-10(15)2-3-11(16)18-9(7-14)8-6-12-4-5-13-8/h2-3,7-9,12-13H,4-6H2,1H3/b3-2+. The number of hydrogen-bond acceptors (Lipinski definition) is 7. The molecule has 0 aliphatic carbocycles. The molecule has 1 rings (SSSR count). The topological polar surface area (TPSA) is 93.7 Å². The van der Waals surface area contributed by atoms with E-state index >= 15 is 0 Å². The van der Waals surface area contributed by atoms with Gasteiger partial charge in [0.15, 0.2) is 12.4 Å². The van der Waals surface area contributed by atoms with E-state index in [2.05, 4.69) is 15.4 Å². The molecule has 0 aromatic heterocycles. The minimum absolute atomic E-state index is 0.258. The minimum Gasteiger partial charge on any atom is -0.466 e. The molecule has 7 heteroatoms. The summed E-state index contributed by atoms with van der Waals surface area (Å²) in [6.45, 7) is 2.04. The highest BCUT2D eigenvalue weighted by atomic mass is 16.5. The van der Waals surface area contributed by atoms with Gasteiger partial charge in [-0.25, -0.2) is 9.59 Å². The lowest BCUT2D eigenvalue weighted by atomic mass is 10.1. The maximum Gasteiger partial charge on any atom is 0.331 e. The van der Waals surface area contributed by atoms with Gasteiger partial charge in [0.1, 0.15) is 0 Å². The Morgan fingerprint density at radius 3 is 2.56 bits per heavy atom. The maximum atomic E-state index is 11.4. The van der Waals surface area contributed by atoms with Gasteiger partial charge in [0.25, 0.3) is 0 Å². The van der Waals surface area contributed by atoms with E-state index in [0.717, 1.165) is 18.7 Å². The van der Waals surface area contributed by atoms with Gasteiger partial charge >= 0.3 is 11.9 Å². The van der Waals surface area contributed by atoms with Crippen molar-refractivity contribution in [3.8, 4) is 0 Å². The van der Waals surface area contributed by atoms with E-state index in [9.17, 15) is 14.4 Å². The number of carbonyl (C=O) groups is 3. The monoisotopic (exact) mass is 256 g/mol. The first-order chi connectivity index (χ1) is 8.67. The number of ether oxygens (including phenoxy) is 2. The van der Waals surface area contributed by atoms with Gasteiger partial charge in [0, 0.05) is 31.8 Å². The van der Waals surface area contributed by atoms with Crippen LogP contribution in [0.2, 0.25) is 0 Å². The van der Waals surface area contributed by atoms with E-state index in [-0.39, 0.29) is 6.04 Å². The number of carbonyl (C=O) groups excluding carboxylic acids is 3. The Balaban J connectivity index is 2.46. The zero-order valence-electron chi connectivity index (χ0n) is 10.0. The Morgan fingerprint density at radius 2 is 2.00 bits per heavy atom. The van der Waals surface area contributed by atoms with E-state index in [4.69, 9.17) is 4.74 Å². The summed E-state index contributed by atoms with van der Waals surface area (Å²) in [6, 6.07) is -0.258. The fraction of sp³-hybridized carbons (Fsp3) is 0.545. The fourth-order valence-electron chi connectivity index (χ4n) is 1.49. The predicted octanol–water partition coefficient (Wildman–Crippen LogP) is -1.61. The van der Waals surface area contributed by atoms with Gasteiger partial charge in [-0.15, -0.1) is 0 Å². The van der Waals surface area contributed by atoms with Crippen LogP contribution in [-0.2, 0) is 23.9 Å². The average molecular weight is 256 g/mol. The Kier molecular flexibility index (Phi) is 6.03. The SMILES string of the molecule is COC(=O)/C=C/C(=O)OC(C=O)C1CNCCN1. The summed E-state index contributed by atoms with van der Waals surface area (Å²) in [4.78, 5) is 33.0. The first-order valence-electron chi connectivity index (χ1n) is 5.53. The summed E-state index contributed by atoms with van der Waals surface area (Å²) in [5, 5.41) is 6.14. The van der Waals surface area contributed by atoms with Crippen molar-refractivity contribution in [1.82, 2.24) is 10.6 Å². The molecule has 0 radical (unpaired) electrons. The smallest absolute Gasteiger partial charge is 0.331 e. The molecule has 7 nitrogen and oxygen atoms in total. The lowest BCUT2D eigenvalue weighted by molar-refractivity contribution is -0.148. The lowest BCUT2D eigenvalue weighted by Gasteiger charge is -2.28. The molecule has 0 spiro atoms. The molecule has 1 saturated heterocycles. The minimum atomic E-state index is -0.882. The fourth-order valence-corrected chi connectivity index (χ4v) is 1.49. The third-order valence-electron chi connectivity index (χ3n) is 2.41. The lowest BCUT2D eigenvalue weighted by Crippen LogP contribution is -2.55. The zero-order chi connectivity index (χ0) is 13.4. The maximum absolute atomic E-state index is 11.4. The molecule has 1 heterocycles. The number of rotatable bonds is 5. The second-order valence-corrected chi connectivity index (χ2v) is 3.66. The molecule has 0 aromatic carbocycles. The van der Waals surface area contributed by atoms with Gasteiger partial charge in [0.2, 0.25) is 0 Å². The molecule has 1 fully saturated rings.